The van der Waals surface area contributed by atoms with Crippen molar-refractivity contribution in [3.8, 4) is 63.2 Å². The Morgan fingerprint density at radius 3 is 1.66 bits per heavy atom. The molecule has 65 heavy (non-hydrogen) atoms. The molecule has 0 saturated heterocycles. The third kappa shape index (κ3) is 10.7. The molecule has 0 aromatic carbocycles. The molecule has 0 aliphatic rings. The fourth-order valence-electron chi connectivity index (χ4n) is 5.48. The number of aromatic nitrogens is 21. The number of aromatic amines is 1. The van der Waals surface area contributed by atoms with Crippen LogP contribution in [-0.2, 0) is 0 Å². The molecule has 11 heterocycles. The van der Waals surface area contributed by atoms with Crippen molar-refractivity contribution in [2.24, 2.45) is 0 Å². The largest absolute Gasteiger partial charge is 0.454 e. The van der Waals surface area contributed by atoms with Crippen LogP contribution in [0.25, 0.3) is 51.7 Å². The quantitative estimate of drug-likeness (QED) is 0.165. The zero-order valence-corrected chi connectivity index (χ0v) is 34.9. The number of hydrogen-bond donors (Lipinski definition) is 2. The molecule has 0 unspecified atom stereocenters. The van der Waals surface area contributed by atoms with Gasteiger partial charge in [0, 0.05) is 53.9 Å². The first-order valence-electron chi connectivity index (χ1n) is 19.1. The summed E-state index contributed by atoms with van der Waals surface area (Å²) < 4.78 is 6.56. The molecule has 24 heteroatoms. The van der Waals surface area contributed by atoms with Crippen LogP contribution in [0.3, 0.4) is 0 Å². The number of nitrogens with one attached hydrogen (secondary N) is 2. The second kappa shape index (κ2) is 19.9. The van der Waals surface area contributed by atoms with E-state index in [1.165, 1.54) is 14.4 Å². The van der Waals surface area contributed by atoms with Gasteiger partial charge in [-0.2, -0.15) is 0 Å². The summed E-state index contributed by atoms with van der Waals surface area (Å²) in [6.45, 7) is 0. The summed E-state index contributed by atoms with van der Waals surface area (Å²) in [5.74, 6) is 3.10. The molecule has 316 valence electrons. The Morgan fingerprint density at radius 2 is 1.06 bits per heavy atom. The maximum Gasteiger partial charge on any atom is 0.240 e. The van der Waals surface area contributed by atoms with E-state index in [0.717, 1.165) is 21.5 Å². The first-order chi connectivity index (χ1) is 32.1. The van der Waals surface area contributed by atoms with E-state index < -0.39 is 0 Å². The molecular formula is C41H29BrN22O. The second-order valence-corrected chi connectivity index (χ2v) is 13.8. The van der Waals surface area contributed by atoms with Gasteiger partial charge in [-0.15, -0.1) is 45.0 Å². The van der Waals surface area contributed by atoms with Crippen LogP contribution in [0.4, 0.5) is 11.4 Å². The van der Waals surface area contributed by atoms with Crippen LogP contribution in [0.15, 0.2) is 170 Å². The molecule has 0 amide bonds. The molecule has 0 aliphatic heterocycles. The third-order valence-corrected chi connectivity index (χ3v) is 8.80. The number of nitrogens with zero attached hydrogens (tertiary/aromatic N) is 20. The molecule has 11 aromatic heterocycles. The van der Waals surface area contributed by atoms with Crippen molar-refractivity contribution in [3.05, 3.63) is 170 Å². The first kappa shape index (κ1) is 40.9. The van der Waals surface area contributed by atoms with Crippen LogP contribution >= 0.6 is 15.9 Å². The number of halogens is 1. The molecule has 11 rings (SSSR count). The van der Waals surface area contributed by atoms with Gasteiger partial charge in [0.15, 0.2) is 5.82 Å². The molecular weight excluding hydrogens is 897 g/mol. The van der Waals surface area contributed by atoms with E-state index in [9.17, 15) is 0 Å². The number of tetrazole rings is 3. The van der Waals surface area contributed by atoms with Gasteiger partial charge in [-0.05, 0) is 92.2 Å². The fourth-order valence-corrected chi connectivity index (χ4v) is 5.84. The standard InChI is InChI=1S/C16H12N8.C16H11N7O.C9H6BrN7/c1-2-7-19-15(5-1)16-21-23-24(22-16)14-8-13(10-18-11-14)20-12-4-3-6-17-9-12;1-2-7-19-15(5-1)16-20-22-23(21-16)12-8-14(11-18-9-12)24-13-4-3-6-17-10-13;10-6-3-7(5-11-4-6)17-15-9(14-16-17)8-12-1-2-13-8/h1-11,20H;1-11H;1-5H,(H,12,13). The Bertz CT molecular complexity index is 3030. The lowest BCUT2D eigenvalue weighted by atomic mass is 10.3. The van der Waals surface area contributed by atoms with Crippen molar-refractivity contribution in [1.82, 2.24) is 105 Å². The van der Waals surface area contributed by atoms with Gasteiger partial charge in [-0.3, -0.25) is 34.9 Å². The summed E-state index contributed by atoms with van der Waals surface area (Å²) in [4.78, 5) is 40.1. The lowest BCUT2D eigenvalue weighted by molar-refractivity contribution is 0.477. The number of ether oxygens (including phenoxy) is 1. The summed E-state index contributed by atoms with van der Waals surface area (Å²) in [6.07, 6.45) is 23.4. The lowest BCUT2D eigenvalue weighted by Crippen LogP contribution is -2.01. The van der Waals surface area contributed by atoms with Crippen molar-refractivity contribution in [3.63, 3.8) is 0 Å². The van der Waals surface area contributed by atoms with Crippen LogP contribution in [-0.4, -0.2) is 105 Å². The van der Waals surface area contributed by atoms with Crippen molar-refractivity contribution in [2.45, 2.75) is 0 Å². The molecule has 2 N–H and O–H groups in total. The smallest absolute Gasteiger partial charge is 0.240 e. The van der Waals surface area contributed by atoms with E-state index in [2.05, 4.69) is 112 Å². The SMILES string of the molecule is Brc1cncc(-n2nnc(-c3ncc[nH]3)n2)c1.c1ccc(-c2nnn(-c3cncc(Nc4cccnc4)c3)n2)nc1.c1ccc(-c2nnn(-c3cncc(Oc4cccnc4)c3)n2)nc1. The number of H-pyrrole nitrogens is 1. The van der Waals surface area contributed by atoms with E-state index in [1.807, 2.05) is 66.7 Å². The second-order valence-electron chi connectivity index (χ2n) is 12.9. The van der Waals surface area contributed by atoms with Crippen molar-refractivity contribution in [1.29, 1.82) is 0 Å². The minimum absolute atomic E-state index is 0.439. The van der Waals surface area contributed by atoms with Crippen molar-refractivity contribution in [2.75, 3.05) is 5.32 Å². The number of anilines is 2. The van der Waals surface area contributed by atoms with E-state index in [4.69, 9.17) is 4.74 Å². The van der Waals surface area contributed by atoms with Gasteiger partial charge in [-0.1, -0.05) is 12.1 Å². The molecule has 0 fully saturated rings. The number of imidazole rings is 1. The van der Waals surface area contributed by atoms with Crippen LogP contribution in [0.2, 0.25) is 0 Å². The molecule has 0 bridgehead atoms. The molecule has 23 nitrogen and oxygen atoms in total. The third-order valence-electron chi connectivity index (χ3n) is 8.36. The monoisotopic (exact) mass is 924 g/mol. The summed E-state index contributed by atoms with van der Waals surface area (Å²) in [7, 11) is 0. The maximum absolute atomic E-state index is 5.71. The van der Waals surface area contributed by atoms with Gasteiger partial charge in [0.2, 0.25) is 17.5 Å². The van der Waals surface area contributed by atoms with Crippen LogP contribution in [0.5, 0.6) is 11.5 Å². The lowest BCUT2D eigenvalue weighted by Gasteiger charge is -2.06. The summed E-state index contributed by atoms with van der Waals surface area (Å²) in [5, 5.41) is 40.1. The average molecular weight is 926 g/mol. The highest BCUT2D eigenvalue weighted by Gasteiger charge is 2.12. The van der Waals surface area contributed by atoms with Gasteiger partial charge >= 0.3 is 0 Å². The van der Waals surface area contributed by atoms with Crippen molar-refractivity contribution >= 4 is 27.3 Å². The molecule has 0 saturated carbocycles. The number of rotatable bonds is 10. The summed E-state index contributed by atoms with van der Waals surface area (Å²) in [6, 6.07) is 24.0. The van der Waals surface area contributed by atoms with Gasteiger partial charge in [0.05, 0.1) is 54.8 Å². The zero-order chi connectivity index (χ0) is 44.0. The van der Waals surface area contributed by atoms with E-state index in [-0.39, 0.29) is 0 Å². The highest BCUT2D eigenvalue weighted by molar-refractivity contribution is 9.10. The van der Waals surface area contributed by atoms with E-state index >= 15 is 0 Å². The predicted octanol–water partition coefficient (Wildman–Crippen LogP) is 5.77. The summed E-state index contributed by atoms with van der Waals surface area (Å²) >= 11 is 3.33. The topological polar surface area (TPSA) is 271 Å². The zero-order valence-electron chi connectivity index (χ0n) is 33.3. The van der Waals surface area contributed by atoms with Gasteiger partial charge in [-0.25, -0.2) is 4.98 Å². The maximum atomic E-state index is 5.71. The Morgan fingerprint density at radius 1 is 0.477 bits per heavy atom. The first-order valence-corrected chi connectivity index (χ1v) is 19.9. The fraction of sp³-hybridized carbons (Fsp3) is 0. The number of pyridine rings is 7. The average Bonchev–Trinajstić information content (AvgIpc) is 4.22. The van der Waals surface area contributed by atoms with E-state index in [1.54, 1.807) is 98.9 Å². The highest BCUT2D eigenvalue weighted by Crippen LogP contribution is 2.22. The molecule has 0 aliphatic carbocycles. The minimum Gasteiger partial charge on any atom is -0.454 e. The van der Waals surface area contributed by atoms with Crippen LogP contribution in [0, 0.1) is 0 Å². The summed E-state index contributed by atoms with van der Waals surface area (Å²) in [5.41, 5.74) is 5.05. The number of hydrogen-bond acceptors (Lipinski definition) is 19. The van der Waals surface area contributed by atoms with Gasteiger partial charge in [0.1, 0.15) is 39.9 Å². The normalized spacial score (nSPS) is 10.5. The Labute approximate surface area is 374 Å². The molecule has 0 radical (unpaired) electrons. The minimum atomic E-state index is 0.439. The molecule has 0 spiro atoms. The molecule has 0 atom stereocenters. The Kier molecular flexibility index (Phi) is 12.6. The van der Waals surface area contributed by atoms with Gasteiger partial charge in [0.25, 0.3) is 0 Å². The van der Waals surface area contributed by atoms with Gasteiger partial charge < -0.3 is 15.0 Å². The molecule has 11 aromatic rings. The Hall–Kier alpha value is -9.45. The van der Waals surface area contributed by atoms with Crippen molar-refractivity contribution < 1.29 is 4.74 Å². The van der Waals surface area contributed by atoms with Crippen LogP contribution in [0.1, 0.15) is 0 Å². The predicted molar refractivity (Wildman–Crippen MR) is 234 cm³/mol. The highest BCUT2D eigenvalue weighted by atomic mass is 79.9. The Balaban J connectivity index is 0.000000125. The van der Waals surface area contributed by atoms with E-state index in [0.29, 0.717) is 57.6 Å². The van der Waals surface area contributed by atoms with Crippen LogP contribution < -0.4 is 10.1 Å².